The Balaban J connectivity index is 0.00000141. The van der Waals surface area contributed by atoms with Gasteiger partial charge in [0.1, 0.15) is 17.2 Å². The van der Waals surface area contributed by atoms with Crippen LogP contribution in [0, 0.1) is 0 Å². The average Bonchev–Trinajstić information content (AvgIpc) is 2.75. The van der Waals surface area contributed by atoms with Crippen molar-refractivity contribution in [1.29, 1.82) is 0 Å². The van der Waals surface area contributed by atoms with Crippen molar-refractivity contribution in [3.05, 3.63) is 42.0 Å². The van der Waals surface area contributed by atoms with E-state index in [2.05, 4.69) is 25.7 Å². The monoisotopic (exact) mass is 434 g/mol. The van der Waals surface area contributed by atoms with Gasteiger partial charge >= 0.3 is 5.97 Å². The van der Waals surface area contributed by atoms with Crippen molar-refractivity contribution in [3.8, 4) is 17.2 Å². The van der Waals surface area contributed by atoms with Crippen LogP contribution in [-0.2, 0) is 0 Å². The van der Waals surface area contributed by atoms with Gasteiger partial charge in [-0.15, -0.1) is 0 Å². The normalized spacial score (nSPS) is 10.1. The molecular formula is C23H34N2O4S. The van der Waals surface area contributed by atoms with E-state index in [-0.39, 0.29) is 5.56 Å². The van der Waals surface area contributed by atoms with Gasteiger partial charge in [0, 0.05) is 19.2 Å². The van der Waals surface area contributed by atoms with E-state index in [0.717, 1.165) is 37.1 Å². The molecule has 30 heavy (non-hydrogen) atoms. The van der Waals surface area contributed by atoms with Gasteiger partial charge in [-0.1, -0.05) is 33.6 Å². The fourth-order valence-corrected chi connectivity index (χ4v) is 3.13. The van der Waals surface area contributed by atoms with Crippen molar-refractivity contribution in [3.63, 3.8) is 0 Å². The van der Waals surface area contributed by atoms with Gasteiger partial charge in [-0.25, -0.2) is 4.79 Å². The molecule has 0 saturated carbocycles. The number of methoxy groups -OCH3 is 1. The first-order valence-electron chi connectivity index (χ1n) is 10.3. The molecule has 0 aromatic heterocycles. The molecule has 0 aliphatic carbocycles. The molecule has 0 unspecified atom stereocenters. The van der Waals surface area contributed by atoms with Crippen LogP contribution in [0.4, 0.5) is 5.69 Å². The van der Waals surface area contributed by atoms with Crippen molar-refractivity contribution in [2.75, 3.05) is 25.1 Å². The van der Waals surface area contributed by atoms with Crippen LogP contribution in [0.2, 0.25) is 0 Å². The van der Waals surface area contributed by atoms with Gasteiger partial charge in [0.2, 0.25) is 0 Å². The van der Waals surface area contributed by atoms with Gasteiger partial charge in [0.25, 0.3) is 0 Å². The largest absolute Gasteiger partial charge is 0.497 e. The number of hydrogen-bond donors (Lipinski definition) is 2. The molecule has 3 N–H and O–H groups in total. The summed E-state index contributed by atoms with van der Waals surface area (Å²) < 4.78 is 11.2. The van der Waals surface area contributed by atoms with Gasteiger partial charge in [-0.3, -0.25) is 5.14 Å². The quantitative estimate of drug-likeness (QED) is 0.431. The predicted molar refractivity (Wildman–Crippen MR) is 125 cm³/mol. The number of carboxylic acids is 1. The fourth-order valence-electron chi connectivity index (χ4n) is 2.72. The summed E-state index contributed by atoms with van der Waals surface area (Å²) in [7, 11) is 1.60. The number of nitrogens with two attached hydrogens (primary N) is 1. The third kappa shape index (κ3) is 7.46. The topological polar surface area (TPSA) is 85.0 Å². The van der Waals surface area contributed by atoms with Crippen molar-refractivity contribution in [2.24, 2.45) is 5.14 Å². The summed E-state index contributed by atoms with van der Waals surface area (Å²) in [5, 5.41) is 15.4. The molecule has 0 fully saturated rings. The van der Waals surface area contributed by atoms with Crippen LogP contribution in [0.3, 0.4) is 0 Å². The highest BCUT2D eigenvalue weighted by atomic mass is 32.2. The van der Waals surface area contributed by atoms with E-state index in [1.165, 1.54) is 6.42 Å². The number of carbonyl (C=O) groups is 1. The third-order valence-electron chi connectivity index (χ3n) is 4.21. The summed E-state index contributed by atoms with van der Waals surface area (Å²) in [6, 6.07) is 10.5. The van der Waals surface area contributed by atoms with E-state index < -0.39 is 5.97 Å². The zero-order valence-electron chi connectivity index (χ0n) is 18.6. The molecule has 0 amide bonds. The highest BCUT2D eigenvalue weighted by Crippen LogP contribution is 2.37. The highest BCUT2D eigenvalue weighted by Gasteiger charge is 2.20. The summed E-state index contributed by atoms with van der Waals surface area (Å²) >= 11 is 0.968. The van der Waals surface area contributed by atoms with Crippen LogP contribution in [0.25, 0.3) is 0 Å². The third-order valence-corrected chi connectivity index (χ3v) is 4.78. The molecule has 0 spiro atoms. The van der Waals surface area contributed by atoms with E-state index in [0.29, 0.717) is 28.6 Å². The molecular weight excluding hydrogens is 400 g/mol. The Morgan fingerprint density at radius 3 is 2.17 bits per heavy atom. The van der Waals surface area contributed by atoms with Gasteiger partial charge in [-0.2, -0.15) is 0 Å². The van der Waals surface area contributed by atoms with E-state index in [9.17, 15) is 9.90 Å². The van der Waals surface area contributed by atoms with Crippen molar-refractivity contribution >= 4 is 23.6 Å². The molecule has 166 valence electrons. The van der Waals surface area contributed by atoms with Gasteiger partial charge in [-0.05, 0) is 55.6 Å². The molecule has 0 radical (unpaired) electrons. The van der Waals surface area contributed by atoms with Crippen molar-refractivity contribution in [2.45, 2.75) is 51.9 Å². The summed E-state index contributed by atoms with van der Waals surface area (Å²) in [5.74, 6) is 0.903. The lowest BCUT2D eigenvalue weighted by Gasteiger charge is -2.26. The van der Waals surface area contributed by atoms with Crippen molar-refractivity contribution in [1.82, 2.24) is 0 Å². The maximum Gasteiger partial charge on any atom is 0.337 e. The second kappa shape index (κ2) is 13.8. The minimum atomic E-state index is -0.980. The summed E-state index contributed by atoms with van der Waals surface area (Å²) in [4.78, 5) is 14.4. The van der Waals surface area contributed by atoms with Gasteiger partial charge in [0.15, 0.2) is 0 Å². The van der Waals surface area contributed by atoms with Crippen LogP contribution >= 0.6 is 11.9 Å². The Morgan fingerprint density at radius 2 is 1.70 bits per heavy atom. The molecule has 6 nitrogen and oxygen atoms in total. The molecule has 2 aromatic rings. The first-order chi connectivity index (χ1) is 14.4. The van der Waals surface area contributed by atoms with Gasteiger partial charge in [0.05, 0.1) is 23.3 Å². The molecule has 0 aliphatic heterocycles. The summed E-state index contributed by atoms with van der Waals surface area (Å²) in [6.45, 7) is 9.86. The van der Waals surface area contributed by atoms with E-state index in [1.807, 2.05) is 6.92 Å². The Kier molecular flexibility index (Phi) is 11.8. The minimum absolute atomic E-state index is 0.225. The zero-order valence-corrected chi connectivity index (χ0v) is 19.4. The zero-order chi connectivity index (χ0) is 22.5. The number of nitrogens with zero attached hydrogens (tertiary/aromatic N) is 1. The van der Waals surface area contributed by atoms with E-state index >= 15 is 0 Å². The maximum absolute atomic E-state index is 11.8. The molecule has 2 rings (SSSR count). The lowest BCUT2D eigenvalue weighted by Crippen LogP contribution is -2.26. The fraction of sp³-hybridized carbons (Fsp3) is 0.435. The molecule has 0 saturated heterocycles. The number of hydrogen-bond acceptors (Lipinski definition) is 6. The Morgan fingerprint density at radius 1 is 1.10 bits per heavy atom. The number of aromatic carboxylic acids is 1. The molecule has 0 atom stereocenters. The SMILES string of the molecule is CCC.CCCCN(CC)c1cc(Oc2ccc(OC)cc2)c(SN)cc1C(=O)O. The summed E-state index contributed by atoms with van der Waals surface area (Å²) in [5.41, 5.74) is 0.864. The predicted octanol–water partition coefficient (Wildman–Crippen LogP) is 6.19. The average molecular weight is 435 g/mol. The number of ether oxygens (including phenoxy) is 2. The number of unbranched alkanes of at least 4 members (excludes halogenated alkanes) is 1. The van der Waals surface area contributed by atoms with Crippen LogP contribution in [0.15, 0.2) is 41.3 Å². The van der Waals surface area contributed by atoms with Crippen LogP contribution in [0.5, 0.6) is 17.2 Å². The van der Waals surface area contributed by atoms with E-state index in [4.69, 9.17) is 14.6 Å². The lowest BCUT2D eigenvalue weighted by atomic mass is 10.1. The Hall–Kier alpha value is -2.38. The first-order valence-corrected chi connectivity index (χ1v) is 11.2. The van der Waals surface area contributed by atoms with Crippen LogP contribution in [0.1, 0.15) is 57.3 Å². The van der Waals surface area contributed by atoms with Gasteiger partial charge < -0.3 is 19.5 Å². The molecule has 0 bridgehead atoms. The standard InChI is InChI=1S/C20H26N2O4S.C3H8/c1-4-6-11-22(5-2)17-13-18(19(27-21)12-16(17)20(23)24)26-15-9-7-14(25-3)8-10-15;1-3-2/h7-10,12-13H,4-6,11,21H2,1-3H3,(H,23,24);3H2,1-2H3. The maximum atomic E-state index is 11.8. The van der Waals surface area contributed by atoms with Crippen LogP contribution < -0.4 is 19.5 Å². The Labute approximate surface area is 184 Å². The number of rotatable bonds is 10. The first kappa shape index (κ1) is 25.7. The molecule has 0 heterocycles. The molecule has 2 aromatic carbocycles. The molecule has 0 aliphatic rings. The van der Waals surface area contributed by atoms with Crippen molar-refractivity contribution < 1.29 is 19.4 Å². The number of carboxylic acid groups (broad SMARTS) is 1. The summed E-state index contributed by atoms with van der Waals surface area (Å²) in [6.07, 6.45) is 3.26. The minimum Gasteiger partial charge on any atom is -0.497 e. The van der Waals surface area contributed by atoms with Crippen LogP contribution in [-0.4, -0.2) is 31.3 Å². The number of benzene rings is 2. The second-order valence-corrected chi connectivity index (χ2v) is 7.33. The highest BCUT2D eigenvalue weighted by molar-refractivity contribution is 7.97. The molecule has 7 heteroatoms. The second-order valence-electron chi connectivity index (χ2n) is 6.66. The van der Waals surface area contributed by atoms with E-state index in [1.54, 1.807) is 43.5 Å². The number of anilines is 1. The smallest absolute Gasteiger partial charge is 0.337 e. The lowest BCUT2D eigenvalue weighted by molar-refractivity contribution is 0.0697. The Bertz CT molecular complexity index is 782.